The van der Waals surface area contributed by atoms with Crippen molar-refractivity contribution in [2.75, 3.05) is 50.1 Å². The molecule has 2 unspecified atom stereocenters. The number of esters is 1. The maximum Gasteiger partial charge on any atom is 0.305 e. The van der Waals surface area contributed by atoms with Crippen LogP contribution >= 0.6 is 0 Å². The highest BCUT2D eigenvalue weighted by atomic mass is 16.5. The van der Waals surface area contributed by atoms with Gasteiger partial charge in [-0.1, -0.05) is 123 Å². The van der Waals surface area contributed by atoms with Crippen molar-refractivity contribution < 1.29 is 43.0 Å². The highest BCUT2D eigenvalue weighted by molar-refractivity contribution is 6.01. The number of hydrogen-bond acceptors (Lipinski definition) is 13. The smallest absolute Gasteiger partial charge is 0.305 e. The molecule has 0 spiro atoms. The van der Waals surface area contributed by atoms with Crippen LogP contribution in [0.25, 0.3) is 11.3 Å². The zero-order valence-electron chi connectivity index (χ0n) is 51.9. The van der Waals surface area contributed by atoms with E-state index in [0.717, 1.165) is 58.6 Å². The second-order valence-electron chi connectivity index (χ2n) is 23.1. The molecular weight excluding hydrogens is 1050 g/mol. The van der Waals surface area contributed by atoms with Crippen LogP contribution in [-0.4, -0.2) is 104 Å². The van der Waals surface area contributed by atoms with Crippen molar-refractivity contribution in [3.05, 3.63) is 107 Å². The van der Waals surface area contributed by atoms with Crippen molar-refractivity contribution in [1.29, 1.82) is 0 Å². The molecule has 3 aromatic carbocycles. The van der Waals surface area contributed by atoms with Gasteiger partial charge in [0, 0.05) is 81.7 Å². The Bertz CT molecular complexity index is 2650. The van der Waals surface area contributed by atoms with Crippen LogP contribution in [0.1, 0.15) is 163 Å². The van der Waals surface area contributed by atoms with Gasteiger partial charge in [0.2, 0.25) is 35.4 Å². The molecule has 0 aromatic heterocycles. The average molecular weight is 1150 g/mol. The predicted octanol–water partition coefficient (Wildman–Crippen LogP) is 8.45. The Kier molecular flexibility index (Phi) is 29.5. The van der Waals surface area contributed by atoms with E-state index in [0.29, 0.717) is 50.0 Å². The molecule has 1 heterocycles. The molecule has 0 bridgehead atoms. The van der Waals surface area contributed by atoms with Crippen molar-refractivity contribution in [3.8, 4) is 0 Å². The zero-order chi connectivity index (χ0) is 61.9. The van der Waals surface area contributed by atoms with Gasteiger partial charge in [-0.3, -0.25) is 33.6 Å². The summed E-state index contributed by atoms with van der Waals surface area (Å²) in [5, 5.41) is 13.9. The third-order valence-electron chi connectivity index (χ3n) is 14.5. The molecule has 3 aromatic rings. The summed E-state index contributed by atoms with van der Waals surface area (Å²) in [4.78, 5) is 94.2. The van der Waals surface area contributed by atoms with Gasteiger partial charge in [0.25, 0.3) is 0 Å². The number of nitrogens with one attached hydrogen (secondary N) is 7. The molecule has 9 N–H and O–H groups in total. The number of hydrazine groups is 1. The molecule has 1 aliphatic heterocycles. The lowest BCUT2D eigenvalue weighted by atomic mass is 9.88. The third kappa shape index (κ3) is 24.2. The van der Waals surface area contributed by atoms with Crippen LogP contribution in [0, 0.1) is 17.3 Å². The minimum Gasteiger partial charge on any atom is -0.461 e. The fourth-order valence-electron chi connectivity index (χ4n) is 8.90. The number of fused-ring (bicyclic) bond motifs is 2. The van der Waals surface area contributed by atoms with Crippen LogP contribution in [0.3, 0.4) is 0 Å². The molecular formula is C64H98N10O9. The normalized spacial score (nSPS) is 13.8. The topological polar surface area (TPSA) is 255 Å². The zero-order valence-corrected chi connectivity index (χ0v) is 51.9. The highest BCUT2D eigenvalue weighted by Crippen LogP contribution is 2.37. The Hall–Kier alpha value is -7.25. The molecule has 2 atom stereocenters. The first-order valence-corrected chi connectivity index (χ1v) is 29.4. The molecule has 83 heavy (non-hydrogen) atoms. The van der Waals surface area contributed by atoms with Gasteiger partial charge in [-0.25, -0.2) is 5.43 Å². The number of benzene rings is 3. The molecule has 0 fully saturated rings. The van der Waals surface area contributed by atoms with Crippen LogP contribution in [0.2, 0.25) is 0 Å². The van der Waals surface area contributed by atoms with Gasteiger partial charge in [0.15, 0.2) is 0 Å². The van der Waals surface area contributed by atoms with Crippen molar-refractivity contribution in [3.63, 3.8) is 0 Å². The number of nitrogens with zero attached hydrogens (tertiary/aromatic N) is 2. The summed E-state index contributed by atoms with van der Waals surface area (Å²) in [5.41, 5.74) is 18.0. The van der Waals surface area contributed by atoms with E-state index >= 15 is 0 Å². The first-order valence-electron chi connectivity index (χ1n) is 29.4. The van der Waals surface area contributed by atoms with E-state index in [9.17, 15) is 33.6 Å². The molecule has 0 radical (unpaired) electrons. The first-order chi connectivity index (χ1) is 39.2. The van der Waals surface area contributed by atoms with E-state index in [1.54, 1.807) is 57.0 Å². The second kappa shape index (κ2) is 35.0. The molecule has 0 aliphatic carbocycles. The molecule has 19 nitrogen and oxygen atoms in total. The summed E-state index contributed by atoms with van der Waals surface area (Å²) in [7, 11) is 1.71. The highest BCUT2D eigenvalue weighted by Gasteiger charge is 2.31. The Morgan fingerprint density at radius 3 is 2.06 bits per heavy atom. The monoisotopic (exact) mass is 1150 g/mol. The standard InChI is InChI=1S/C59H86N8O9.C5H12N2/c1-13-47(39(3)4)64-65-55-41(7)45-21-16-15-20-43(45)37-67(48-23-18-17-22-46(48)55)52(71)30-33-60-57(74)58(8,9)32-35-76-59(10,11)31-34-66(12)51(70)25-19-24-49(68)63-54(40(5)6)56(73)61-36-50(69)62-44-28-26-42(27-29-44)38-75-53(72)14-2;1-3-4-7-5(2)6/h15-18,20-23,26-29,39-40,47,54,64-65H,13-14,19,24-25,30-38H2,1-12H3,(H,60,74)(H,61,73)(H,62,69)(H,63,68);7H,2-4,6H2,1H3/b55-41+;. The lowest BCUT2D eigenvalue weighted by Gasteiger charge is -2.32. The number of carbonyl (C=O) groups is 7. The molecule has 0 saturated carbocycles. The first kappa shape index (κ1) is 70.0. The Labute approximate surface area is 494 Å². The van der Waals surface area contributed by atoms with Crippen molar-refractivity contribution in [2.24, 2.45) is 23.0 Å². The van der Waals surface area contributed by atoms with Crippen molar-refractivity contribution in [2.45, 2.75) is 172 Å². The van der Waals surface area contributed by atoms with E-state index in [-0.39, 0.29) is 93.4 Å². The quantitative estimate of drug-likeness (QED) is 0.0216. The van der Waals surface area contributed by atoms with Gasteiger partial charge in [-0.05, 0) is 105 Å². The number of ether oxygens (including phenoxy) is 2. The lowest BCUT2D eigenvalue weighted by molar-refractivity contribution is -0.144. The molecule has 4 rings (SSSR count). The number of hydrogen-bond donors (Lipinski definition) is 8. The summed E-state index contributed by atoms with van der Waals surface area (Å²) >= 11 is 0. The average Bonchev–Trinajstić information content (AvgIpc) is 3.39. The number of carbonyl (C=O) groups excluding carboxylic acids is 7. The molecule has 458 valence electrons. The van der Waals surface area contributed by atoms with Crippen molar-refractivity contribution in [1.82, 2.24) is 37.0 Å². The Balaban J connectivity index is 0.00000241. The van der Waals surface area contributed by atoms with Gasteiger partial charge in [-0.15, -0.1) is 0 Å². The van der Waals surface area contributed by atoms with Gasteiger partial charge < -0.3 is 57.0 Å². The molecule has 1 aliphatic rings. The van der Waals surface area contributed by atoms with E-state index in [1.165, 1.54) is 0 Å². The van der Waals surface area contributed by atoms with Crippen LogP contribution in [0.15, 0.2) is 85.2 Å². The number of para-hydroxylation sites is 1. The lowest BCUT2D eigenvalue weighted by Crippen LogP contribution is -2.51. The SMILES string of the molecule is C=C(N)NCCC.CCC(=O)OCc1ccc(NC(=O)CNC(=O)C(NC(=O)CCCC(=O)N(C)CCC(C)(C)OCCC(C)(C)C(=O)NCCC(=O)N2Cc3ccccc3/C(C)=C(/NNC(CC)C(C)C)c3ccccc32)C(C)C)cc1. The van der Waals surface area contributed by atoms with E-state index < -0.39 is 28.9 Å². The van der Waals surface area contributed by atoms with Crippen LogP contribution < -0.4 is 48.1 Å². The second-order valence-corrected chi connectivity index (χ2v) is 23.1. The van der Waals surface area contributed by atoms with Crippen LogP contribution in [0.5, 0.6) is 0 Å². The minimum atomic E-state index is -0.883. The van der Waals surface area contributed by atoms with E-state index in [2.05, 4.69) is 90.8 Å². The maximum absolute atomic E-state index is 14.2. The van der Waals surface area contributed by atoms with E-state index in [4.69, 9.17) is 15.2 Å². The molecule has 0 saturated heterocycles. The summed E-state index contributed by atoms with van der Waals surface area (Å²) in [5.74, 6) is -1.35. The fraction of sp³-hybridized carbons (Fsp3) is 0.547. The summed E-state index contributed by atoms with van der Waals surface area (Å²) in [6, 6.07) is 22.3. The minimum absolute atomic E-state index is 0.0348. The van der Waals surface area contributed by atoms with Gasteiger partial charge >= 0.3 is 5.97 Å². The number of rotatable bonds is 32. The molecule has 6 amide bonds. The molecule has 19 heteroatoms. The van der Waals surface area contributed by atoms with Gasteiger partial charge in [-0.2, -0.15) is 0 Å². The maximum atomic E-state index is 14.2. The van der Waals surface area contributed by atoms with Gasteiger partial charge in [0.05, 0.1) is 35.9 Å². The van der Waals surface area contributed by atoms with E-state index in [1.807, 2.05) is 69.0 Å². The van der Waals surface area contributed by atoms with Crippen LogP contribution in [0.4, 0.5) is 11.4 Å². The van der Waals surface area contributed by atoms with Crippen molar-refractivity contribution >= 4 is 64.1 Å². The number of amides is 6. The number of anilines is 2. The number of nitrogens with two attached hydrogens (primary N) is 1. The summed E-state index contributed by atoms with van der Waals surface area (Å²) in [6.45, 7) is 29.1. The fourth-order valence-corrected chi connectivity index (χ4v) is 8.90. The summed E-state index contributed by atoms with van der Waals surface area (Å²) in [6.07, 6.45) is 3.84. The van der Waals surface area contributed by atoms with Gasteiger partial charge in [0.1, 0.15) is 12.6 Å². The Morgan fingerprint density at radius 2 is 1.45 bits per heavy atom. The number of allylic oxidation sites excluding steroid dienone is 1. The Morgan fingerprint density at radius 1 is 0.783 bits per heavy atom. The third-order valence-corrected chi connectivity index (χ3v) is 14.5. The largest absolute Gasteiger partial charge is 0.461 e. The summed E-state index contributed by atoms with van der Waals surface area (Å²) < 4.78 is 11.4. The van der Waals surface area contributed by atoms with Crippen LogP contribution in [-0.2, 0) is 56.2 Å². The predicted molar refractivity (Wildman–Crippen MR) is 330 cm³/mol.